The lowest BCUT2D eigenvalue weighted by Crippen LogP contribution is -2.43. The van der Waals surface area contributed by atoms with Gasteiger partial charge < -0.3 is 5.11 Å². The molecule has 3 heteroatoms. The lowest BCUT2D eigenvalue weighted by molar-refractivity contribution is -0.0894. The fourth-order valence-corrected chi connectivity index (χ4v) is 4.63. The fraction of sp³-hybridized carbons (Fsp3) is 0.455. The van der Waals surface area contributed by atoms with Crippen molar-refractivity contribution in [3.63, 3.8) is 0 Å². The second-order valence-electron chi connectivity index (χ2n) is 8.07. The minimum Gasteiger partial charge on any atom is -0.383 e. The molecule has 1 aliphatic carbocycles. The van der Waals surface area contributed by atoms with Crippen molar-refractivity contribution in [2.75, 3.05) is 0 Å². The quantitative estimate of drug-likeness (QED) is 0.666. The molecule has 0 saturated heterocycles. The van der Waals surface area contributed by atoms with Gasteiger partial charge in [0.25, 0.3) is 0 Å². The molecule has 2 aromatic heterocycles. The Kier molecular flexibility index (Phi) is 3.99. The Balaban J connectivity index is 1.91. The zero-order valence-corrected chi connectivity index (χ0v) is 15.2. The molecule has 3 aromatic rings. The molecule has 25 heavy (non-hydrogen) atoms. The first-order chi connectivity index (χ1) is 12.0. The van der Waals surface area contributed by atoms with Crippen molar-refractivity contribution in [1.29, 1.82) is 0 Å². The number of pyridine rings is 2. The highest BCUT2D eigenvalue weighted by atomic mass is 16.3. The van der Waals surface area contributed by atoms with Crippen molar-refractivity contribution in [1.82, 2.24) is 9.97 Å². The summed E-state index contributed by atoms with van der Waals surface area (Å²) in [5.41, 5.74) is 1.76. The number of aromatic nitrogens is 2. The van der Waals surface area contributed by atoms with Gasteiger partial charge in [0.05, 0.1) is 16.7 Å². The molecular weight excluding hydrogens is 308 g/mol. The Morgan fingerprint density at radius 2 is 1.76 bits per heavy atom. The number of nitrogens with zero attached hydrogens (tertiary/aromatic N) is 2. The van der Waals surface area contributed by atoms with Gasteiger partial charge in [-0.15, -0.1) is 0 Å². The van der Waals surface area contributed by atoms with Crippen molar-refractivity contribution >= 4 is 21.8 Å². The lowest BCUT2D eigenvalue weighted by Gasteiger charge is -2.44. The Morgan fingerprint density at radius 1 is 1.04 bits per heavy atom. The van der Waals surface area contributed by atoms with Gasteiger partial charge in [-0.2, -0.15) is 0 Å². The third-order valence-corrected chi connectivity index (χ3v) is 5.92. The summed E-state index contributed by atoms with van der Waals surface area (Å²) in [5.74, 6) is 1.19. The molecule has 4 rings (SSSR count). The van der Waals surface area contributed by atoms with E-state index < -0.39 is 5.60 Å². The second-order valence-corrected chi connectivity index (χ2v) is 8.07. The molecular formula is C22H26N2O. The van der Waals surface area contributed by atoms with Crippen molar-refractivity contribution < 1.29 is 5.11 Å². The largest absolute Gasteiger partial charge is 0.383 e. The van der Waals surface area contributed by atoms with E-state index in [0.717, 1.165) is 40.3 Å². The molecule has 2 heterocycles. The third-order valence-electron chi connectivity index (χ3n) is 5.92. The molecule has 1 N–H and O–H groups in total. The van der Waals surface area contributed by atoms with Gasteiger partial charge in [0.1, 0.15) is 5.60 Å². The zero-order chi connectivity index (χ0) is 17.6. The van der Waals surface area contributed by atoms with E-state index in [9.17, 15) is 5.11 Å². The molecule has 3 atom stereocenters. The summed E-state index contributed by atoms with van der Waals surface area (Å²) in [7, 11) is 0. The van der Waals surface area contributed by atoms with Gasteiger partial charge in [0, 0.05) is 17.0 Å². The molecule has 1 saturated carbocycles. The zero-order valence-electron chi connectivity index (χ0n) is 15.2. The summed E-state index contributed by atoms with van der Waals surface area (Å²) < 4.78 is 0. The maximum absolute atomic E-state index is 11.7. The molecule has 0 radical (unpaired) electrons. The SMILES string of the molecule is CC(C)C1CC[C@@H](C)CC1(O)c1ccc2ccc3cccnc3c2n1. The number of aliphatic hydroxyl groups is 1. The molecule has 3 nitrogen and oxygen atoms in total. The maximum atomic E-state index is 11.7. The van der Waals surface area contributed by atoms with Crippen molar-refractivity contribution in [3.05, 3.63) is 48.3 Å². The number of fused-ring (bicyclic) bond motifs is 3. The van der Waals surface area contributed by atoms with Crippen LogP contribution in [-0.2, 0) is 5.60 Å². The first-order valence-electron chi connectivity index (χ1n) is 9.36. The molecule has 0 amide bonds. The summed E-state index contributed by atoms with van der Waals surface area (Å²) in [4.78, 5) is 9.50. The van der Waals surface area contributed by atoms with Gasteiger partial charge in [-0.3, -0.25) is 4.98 Å². The van der Waals surface area contributed by atoms with Crippen LogP contribution in [0, 0.1) is 17.8 Å². The van der Waals surface area contributed by atoms with Crippen LogP contribution < -0.4 is 0 Å². The average molecular weight is 334 g/mol. The summed E-state index contributed by atoms with van der Waals surface area (Å²) in [6.07, 6.45) is 4.84. The number of hydrogen-bond acceptors (Lipinski definition) is 3. The summed E-state index contributed by atoms with van der Waals surface area (Å²) in [6, 6.07) is 12.3. The standard InChI is InChI=1S/C22H26N2O/c1-14(2)18-10-6-15(3)13-22(18,25)19-11-9-17-8-7-16-5-4-12-23-20(16)21(17)24-19/h4-5,7-9,11-12,14-15,18,25H,6,10,13H2,1-3H3/t15-,18?,22?/m1/s1. The molecule has 0 aliphatic heterocycles. The molecule has 0 bridgehead atoms. The van der Waals surface area contributed by atoms with Crippen LogP contribution in [-0.4, -0.2) is 15.1 Å². The monoisotopic (exact) mass is 334 g/mol. The van der Waals surface area contributed by atoms with Gasteiger partial charge in [0.15, 0.2) is 0 Å². The highest BCUT2D eigenvalue weighted by Gasteiger charge is 2.45. The first-order valence-corrected chi connectivity index (χ1v) is 9.36. The van der Waals surface area contributed by atoms with E-state index in [-0.39, 0.29) is 5.92 Å². The van der Waals surface area contributed by atoms with E-state index in [0.29, 0.717) is 11.8 Å². The Bertz CT molecular complexity index is 920. The topological polar surface area (TPSA) is 46.0 Å². The predicted molar refractivity (Wildman–Crippen MR) is 102 cm³/mol. The van der Waals surface area contributed by atoms with E-state index >= 15 is 0 Å². The number of hydrogen-bond donors (Lipinski definition) is 1. The average Bonchev–Trinajstić information content (AvgIpc) is 2.60. The Morgan fingerprint density at radius 3 is 2.52 bits per heavy atom. The smallest absolute Gasteiger partial charge is 0.110 e. The van der Waals surface area contributed by atoms with E-state index in [1.54, 1.807) is 0 Å². The van der Waals surface area contributed by atoms with Crippen LogP contribution in [0.2, 0.25) is 0 Å². The van der Waals surface area contributed by atoms with Crippen molar-refractivity contribution in [2.45, 2.75) is 45.6 Å². The normalized spacial score (nSPS) is 27.2. The molecule has 2 unspecified atom stereocenters. The maximum Gasteiger partial charge on any atom is 0.110 e. The van der Waals surface area contributed by atoms with Crippen molar-refractivity contribution in [3.8, 4) is 0 Å². The van der Waals surface area contributed by atoms with E-state index in [4.69, 9.17) is 4.98 Å². The van der Waals surface area contributed by atoms with Crippen LogP contribution in [0.3, 0.4) is 0 Å². The predicted octanol–water partition coefficient (Wildman–Crippen LogP) is 5.06. The fourth-order valence-electron chi connectivity index (χ4n) is 4.63. The number of rotatable bonds is 2. The summed E-state index contributed by atoms with van der Waals surface area (Å²) in [6.45, 7) is 6.66. The van der Waals surface area contributed by atoms with Crippen molar-refractivity contribution in [2.24, 2.45) is 17.8 Å². The van der Waals surface area contributed by atoms with Crippen LogP contribution >= 0.6 is 0 Å². The highest BCUT2D eigenvalue weighted by Crippen LogP contribution is 2.47. The molecule has 0 spiro atoms. The first kappa shape index (κ1) is 16.5. The second kappa shape index (κ2) is 6.06. The minimum atomic E-state index is -0.850. The van der Waals surface area contributed by atoms with Crippen LogP contribution in [0.15, 0.2) is 42.6 Å². The summed E-state index contributed by atoms with van der Waals surface area (Å²) >= 11 is 0. The van der Waals surface area contributed by atoms with Crippen LogP contribution in [0.25, 0.3) is 21.8 Å². The van der Waals surface area contributed by atoms with Gasteiger partial charge in [-0.05, 0) is 42.7 Å². The highest BCUT2D eigenvalue weighted by molar-refractivity contribution is 6.02. The van der Waals surface area contributed by atoms with E-state index in [2.05, 4.69) is 50.0 Å². The molecule has 130 valence electrons. The van der Waals surface area contributed by atoms with Crippen LogP contribution in [0.4, 0.5) is 0 Å². The van der Waals surface area contributed by atoms with Gasteiger partial charge in [0.2, 0.25) is 0 Å². The Labute approximate surface area is 149 Å². The van der Waals surface area contributed by atoms with Crippen LogP contribution in [0.5, 0.6) is 0 Å². The van der Waals surface area contributed by atoms with E-state index in [1.165, 1.54) is 6.42 Å². The van der Waals surface area contributed by atoms with E-state index in [1.807, 2.05) is 18.3 Å². The molecule has 1 aromatic carbocycles. The molecule has 1 aliphatic rings. The lowest BCUT2D eigenvalue weighted by atomic mass is 9.65. The van der Waals surface area contributed by atoms with Gasteiger partial charge >= 0.3 is 0 Å². The van der Waals surface area contributed by atoms with Crippen LogP contribution in [0.1, 0.15) is 45.7 Å². The third kappa shape index (κ3) is 2.71. The van der Waals surface area contributed by atoms with Gasteiger partial charge in [-0.25, -0.2) is 4.98 Å². The minimum absolute atomic E-state index is 0.247. The molecule has 1 fully saturated rings. The number of benzene rings is 1. The Hall–Kier alpha value is -2.00. The summed E-state index contributed by atoms with van der Waals surface area (Å²) in [5, 5.41) is 13.9. The van der Waals surface area contributed by atoms with Gasteiger partial charge in [-0.1, -0.05) is 51.5 Å².